The minimum atomic E-state index is -0.929. The van der Waals surface area contributed by atoms with Crippen molar-refractivity contribution in [2.24, 2.45) is 0 Å². The Kier molecular flexibility index (Phi) is 5.10. The molecule has 0 spiro atoms. The summed E-state index contributed by atoms with van der Waals surface area (Å²) < 4.78 is 5.73. The van der Waals surface area contributed by atoms with Gasteiger partial charge >= 0.3 is 0 Å². The Bertz CT molecular complexity index is 1310. The molecular weight excluding hydrogens is 442 g/mol. The number of rotatable bonds is 3. The van der Waals surface area contributed by atoms with Crippen LogP contribution in [0.4, 0.5) is 5.69 Å². The van der Waals surface area contributed by atoms with Crippen LogP contribution in [-0.4, -0.2) is 28.0 Å². The van der Waals surface area contributed by atoms with E-state index in [1.807, 2.05) is 6.92 Å². The van der Waals surface area contributed by atoms with Crippen molar-refractivity contribution in [3.05, 3.63) is 94.0 Å². The molecule has 0 bridgehead atoms. The Morgan fingerprint density at radius 2 is 1.82 bits per heavy atom. The van der Waals surface area contributed by atoms with Gasteiger partial charge in [0.05, 0.1) is 11.6 Å². The first-order valence-corrected chi connectivity index (χ1v) is 10.9. The van der Waals surface area contributed by atoms with E-state index in [1.54, 1.807) is 54.6 Å². The van der Waals surface area contributed by atoms with Gasteiger partial charge in [-0.25, -0.2) is 0 Å². The molecule has 2 unspecified atom stereocenters. The fourth-order valence-electron chi connectivity index (χ4n) is 4.44. The highest BCUT2D eigenvalue weighted by Crippen LogP contribution is 2.43. The Balaban J connectivity index is 1.69. The summed E-state index contributed by atoms with van der Waals surface area (Å²) in [7, 11) is 0. The molecule has 2 heterocycles. The van der Waals surface area contributed by atoms with Crippen LogP contribution in [0.1, 0.15) is 29.7 Å². The number of carbonyl (C=O) groups excluding carboxylic acids is 2. The van der Waals surface area contributed by atoms with Gasteiger partial charge < -0.3 is 14.9 Å². The van der Waals surface area contributed by atoms with E-state index in [2.05, 4.69) is 0 Å². The molecular formula is C26H20ClNO5. The summed E-state index contributed by atoms with van der Waals surface area (Å²) >= 11 is 6.01. The number of hydrogen-bond acceptors (Lipinski definition) is 5. The van der Waals surface area contributed by atoms with Crippen molar-refractivity contribution in [1.82, 2.24) is 0 Å². The SMILES string of the molecule is CC1Cc2cc(/C(O)=C3/C(=O)C(=O)N(c4ccc(Cl)cc4)C3c3cccc(O)c3)ccc2O1. The molecule has 2 aliphatic heterocycles. The van der Waals surface area contributed by atoms with Gasteiger partial charge in [-0.1, -0.05) is 23.7 Å². The molecule has 0 aliphatic carbocycles. The fourth-order valence-corrected chi connectivity index (χ4v) is 4.56. The summed E-state index contributed by atoms with van der Waals surface area (Å²) in [6.45, 7) is 1.96. The second-order valence-corrected chi connectivity index (χ2v) is 8.63. The average Bonchev–Trinajstić information content (AvgIpc) is 3.29. The molecule has 1 saturated heterocycles. The smallest absolute Gasteiger partial charge is 0.300 e. The minimum absolute atomic E-state index is 0.0159. The number of aliphatic hydroxyl groups is 1. The summed E-state index contributed by atoms with van der Waals surface area (Å²) in [5.41, 5.74) is 2.24. The van der Waals surface area contributed by atoms with Crippen LogP contribution < -0.4 is 9.64 Å². The van der Waals surface area contributed by atoms with Crippen molar-refractivity contribution in [3.8, 4) is 11.5 Å². The maximum absolute atomic E-state index is 13.2. The number of anilines is 1. The summed E-state index contributed by atoms with van der Waals surface area (Å²) in [6.07, 6.45) is 0.714. The predicted octanol–water partition coefficient (Wildman–Crippen LogP) is 5.00. The van der Waals surface area contributed by atoms with Crippen LogP contribution >= 0.6 is 11.6 Å². The summed E-state index contributed by atoms with van der Waals surface area (Å²) in [4.78, 5) is 27.7. The number of ketones is 1. The van der Waals surface area contributed by atoms with Crippen molar-refractivity contribution in [2.45, 2.75) is 25.5 Å². The number of halogens is 1. The number of ether oxygens (including phenoxy) is 1. The van der Waals surface area contributed by atoms with E-state index in [4.69, 9.17) is 16.3 Å². The van der Waals surface area contributed by atoms with Crippen LogP contribution in [0, 0.1) is 0 Å². The number of phenols is 1. The molecule has 6 nitrogen and oxygen atoms in total. The fraction of sp³-hybridized carbons (Fsp3) is 0.154. The first-order chi connectivity index (χ1) is 15.8. The second-order valence-electron chi connectivity index (χ2n) is 8.20. The maximum atomic E-state index is 13.2. The molecule has 2 N–H and O–H groups in total. The molecule has 2 aliphatic rings. The third kappa shape index (κ3) is 3.62. The number of phenolic OH excluding ortho intramolecular Hbond substituents is 1. The van der Waals surface area contributed by atoms with Crippen LogP contribution in [0.3, 0.4) is 0 Å². The molecule has 2 atom stereocenters. The van der Waals surface area contributed by atoms with Gasteiger partial charge in [-0.3, -0.25) is 14.5 Å². The third-order valence-corrected chi connectivity index (χ3v) is 6.16. The van der Waals surface area contributed by atoms with Crippen molar-refractivity contribution < 1.29 is 24.5 Å². The van der Waals surface area contributed by atoms with Crippen LogP contribution in [0.15, 0.2) is 72.3 Å². The highest BCUT2D eigenvalue weighted by molar-refractivity contribution is 6.51. The zero-order valence-electron chi connectivity index (χ0n) is 17.7. The molecule has 1 amide bonds. The monoisotopic (exact) mass is 461 g/mol. The second kappa shape index (κ2) is 7.98. The zero-order chi connectivity index (χ0) is 23.3. The third-order valence-electron chi connectivity index (χ3n) is 5.90. The number of benzene rings is 3. The first kappa shape index (κ1) is 21.1. The number of nitrogens with zero attached hydrogens (tertiary/aromatic N) is 1. The van der Waals surface area contributed by atoms with E-state index in [0.29, 0.717) is 28.3 Å². The zero-order valence-corrected chi connectivity index (χ0v) is 18.4. The summed E-state index contributed by atoms with van der Waals surface area (Å²) in [5, 5.41) is 21.8. The number of hydrogen-bond donors (Lipinski definition) is 2. The Labute approximate surface area is 195 Å². The van der Waals surface area contributed by atoms with Crippen LogP contribution in [0.25, 0.3) is 5.76 Å². The van der Waals surface area contributed by atoms with E-state index in [9.17, 15) is 19.8 Å². The molecule has 3 aromatic rings. The molecule has 33 heavy (non-hydrogen) atoms. The van der Waals surface area contributed by atoms with Gasteiger partial charge in [0.15, 0.2) is 0 Å². The lowest BCUT2D eigenvalue weighted by Gasteiger charge is -2.25. The van der Waals surface area contributed by atoms with Crippen molar-refractivity contribution >= 4 is 34.7 Å². The van der Waals surface area contributed by atoms with E-state index in [0.717, 1.165) is 11.3 Å². The van der Waals surface area contributed by atoms with E-state index < -0.39 is 17.7 Å². The van der Waals surface area contributed by atoms with Gasteiger partial charge in [-0.15, -0.1) is 0 Å². The first-order valence-electron chi connectivity index (χ1n) is 10.5. The molecule has 7 heteroatoms. The topological polar surface area (TPSA) is 87.1 Å². The van der Waals surface area contributed by atoms with Crippen molar-refractivity contribution in [2.75, 3.05) is 4.90 Å². The van der Waals surface area contributed by atoms with E-state index in [1.165, 1.54) is 17.0 Å². The highest BCUT2D eigenvalue weighted by Gasteiger charge is 2.47. The maximum Gasteiger partial charge on any atom is 0.300 e. The number of Topliss-reactive ketones (excluding diaryl/α,β-unsaturated/α-hetero) is 1. The molecule has 1 fully saturated rings. The lowest BCUT2D eigenvalue weighted by Crippen LogP contribution is -2.29. The van der Waals surface area contributed by atoms with Gasteiger partial charge in [0, 0.05) is 22.7 Å². The van der Waals surface area contributed by atoms with Gasteiger partial charge in [0.2, 0.25) is 0 Å². The Morgan fingerprint density at radius 3 is 2.55 bits per heavy atom. The number of amides is 1. The molecule has 0 aromatic heterocycles. The normalized spacial score (nSPS) is 21.2. The largest absolute Gasteiger partial charge is 0.508 e. The van der Waals surface area contributed by atoms with Gasteiger partial charge in [-0.2, -0.15) is 0 Å². The van der Waals surface area contributed by atoms with E-state index in [-0.39, 0.29) is 23.2 Å². The van der Waals surface area contributed by atoms with Crippen LogP contribution in [-0.2, 0) is 16.0 Å². The Hall–Kier alpha value is -3.77. The summed E-state index contributed by atoms with van der Waals surface area (Å²) in [6, 6.07) is 17.1. The minimum Gasteiger partial charge on any atom is -0.508 e. The Morgan fingerprint density at radius 1 is 1.06 bits per heavy atom. The molecule has 166 valence electrons. The van der Waals surface area contributed by atoms with Crippen molar-refractivity contribution in [3.63, 3.8) is 0 Å². The molecule has 3 aromatic carbocycles. The van der Waals surface area contributed by atoms with Gasteiger partial charge in [-0.05, 0) is 72.6 Å². The standard InChI is InChI=1S/C26H20ClNO5/c1-14-11-17-12-16(5-10-21(17)33-14)24(30)22-23(15-3-2-4-20(29)13-15)28(26(32)25(22)31)19-8-6-18(27)7-9-19/h2-10,12-14,23,29-30H,11H2,1H3/b24-22-. The molecule has 0 saturated carbocycles. The molecule has 5 rings (SSSR count). The van der Waals surface area contributed by atoms with E-state index >= 15 is 0 Å². The predicted molar refractivity (Wildman–Crippen MR) is 125 cm³/mol. The number of aliphatic hydroxyl groups excluding tert-OH is 1. The highest BCUT2D eigenvalue weighted by atomic mass is 35.5. The van der Waals surface area contributed by atoms with Crippen molar-refractivity contribution in [1.29, 1.82) is 0 Å². The van der Waals surface area contributed by atoms with Crippen LogP contribution in [0.5, 0.6) is 11.5 Å². The number of fused-ring (bicyclic) bond motifs is 1. The molecule has 0 radical (unpaired) electrons. The average molecular weight is 462 g/mol. The van der Waals surface area contributed by atoms with Crippen LogP contribution in [0.2, 0.25) is 5.02 Å². The number of aromatic hydroxyl groups is 1. The summed E-state index contributed by atoms with van der Waals surface area (Å²) in [5.74, 6) is -1.13. The lowest BCUT2D eigenvalue weighted by molar-refractivity contribution is -0.132. The quantitative estimate of drug-likeness (QED) is 0.326. The number of carbonyl (C=O) groups is 2. The van der Waals surface area contributed by atoms with Gasteiger partial charge in [0.1, 0.15) is 23.4 Å². The lowest BCUT2D eigenvalue weighted by atomic mass is 9.94. The van der Waals surface area contributed by atoms with Gasteiger partial charge in [0.25, 0.3) is 11.7 Å².